The predicted molar refractivity (Wildman–Crippen MR) is 100 cm³/mol. The summed E-state index contributed by atoms with van der Waals surface area (Å²) >= 11 is 0. The molecule has 0 aliphatic heterocycles. The van der Waals surface area contributed by atoms with E-state index in [4.69, 9.17) is 4.42 Å². The van der Waals surface area contributed by atoms with E-state index in [0.29, 0.717) is 22.1 Å². The first kappa shape index (κ1) is 16.5. The van der Waals surface area contributed by atoms with Crippen molar-refractivity contribution < 1.29 is 24.8 Å². The molecule has 0 radical (unpaired) electrons. The number of hydrogen-bond donors (Lipinski definition) is 4. The fourth-order valence-corrected chi connectivity index (χ4v) is 3.20. The van der Waals surface area contributed by atoms with Crippen LogP contribution in [-0.2, 0) is 0 Å². The summed E-state index contributed by atoms with van der Waals surface area (Å²) in [5, 5.41) is 41.0. The lowest BCUT2D eigenvalue weighted by molar-refractivity contribution is 0.453. The number of fused-ring (bicyclic) bond motifs is 1. The van der Waals surface area contributed by atoms with Gasteiger partial charge in [-0.3, -0.25) is 0 Å². The van der Waals surface area contributed by atoms with Gasteiger partial charge in [0, 0.05) is 17.0 Å². The lowest BCUT2D eigenvalue weighted by Crippen LogP contribution is -1.98. The highest BCUT2D eigenvalue weighted by Crippen LogP contribution is 2.45. The summed E-state index contributed by atoms with van der Waals surface area (Å²) in [6, 6.07) is 14.7. The molecule has 0 atom stereocenters. The van der Waals surface area contributed by atoms with Gasteiger partial charge in [0.05, 0.1) is 11.5 Å². The van der Waals surface area contributed by atoms with Gasteiger partial charge in [-0.15, -0.1) is 0 Å². The molecular weight excluding hydrogens is 348 g/mol. The van der Waals surface area contributed by atoms with Crippen LogP contribution in [0, 0.1) is 0 Å². The minimum atomic E-state index is -0.742. The van der Waals surface area contributed by atoms with Crippen molar-refractivity contribution in [3.8, 4) is 45.4 Å². The van der Waals surface area contributed by atoms with Gasteiger partial charge in [-0.25, -0.2) is 4.79 Å². The van der Waals surface area contributed by atoms with Crippen molar-refractivity contribution in [2.24, 2.45) is 0 Å². The molecule has 27 heavy (non-hydrogen) atoms. The van der Waals surface area contributed by atoms with Crippen molar-refractivity contribution in [2.45, 2.75) is 0 Å². The van der Waals surface area contributed by atoms with E-state index in [1.54, 1.807) is 24.3 Å². The van der Waals surface area contributed by atoms with E-state index in [9.17, 15) is 25.2 Å². The fraction of sp³-hybridized carbons (Fsp3) is 0. The van der Waals surface area contributed by atoms with E-state index in [2.05, 4.69) is 0 Å². The molecule has 4 N–H and O–H groups in total. The molecule has 4 rings (SSSR count). The van der Waals surface area contributed by atoms with Crippen LogP contribution < -0.4 is 5.63 Å². The Morgan fingerprint density at radius 3 is 2.26 bits per heavy atom. The molecule has 0 saturated heterocycles. The highest BCUT2D eigenvalue weighted by Gasteiger charge is 2.20. The van der Waals surface area contributed by atoms with Gasteiger partial charge in [0.15, 0.2) is 0 Å². The minimum absolute atomic E-state index is 0.0197. The third-order valence-electron chi connectivity index (χ3n) is 4.28. The quantitative estimate of drug-likeness (QED) is 0.430. The van der Waals surface area contributed by atoms with Gasteiger partial charge in [-0.2, -0.15) is 0 Å². The second kappa shape index (κ2) is 6.10. The van der Waals surface area contributed by atoms with Gasteiger partial charge in [0.1, 0.15) is 28.8 Å². The Balaban J connectivity index is 2.19. The Morgan fingerprint density at radius 1 is 0.741 bits per heavy atom. The van der Waals surface area contributed by atoms with Gasteiger partial charge in [0.2, 0.25) is 0 Å². The maximum atomic E-state index is 11.8. The van der Waals surface area contributed by atoms with Crippen LogP contribution in [0.2, 0.25) is 0 Å². The molecule has 134 valence electrons. The molecule has 0 saturated carbocycles. The first-order chi connectivity index (χ1) is 12.9. The van der Waals surface area contributed by atoms with E-state index < -0.39 is 5.63 Å². The zero-order chi connectivity index (χ0) is 19.1. The number of benzene rings is 3. The smallest absolute Gasteiger partial charge is 0.339 e. The Bertz CT molecular complexity index is 1240. The Hall–Kier alpha value is -3.93. The van der Waals surface area contributed by atoms with E-state index in [-0.39, 0.29) is 34.1 Å². The van der Waals surface area contributed by atoms with E-state index in [1.807, 2.05) is 0 Å². The molecule has 0 aliphatic rings. The second-order valence-electron chi connectivity index (χ2n) is 6.07. The van der Waals surface area contributed by atoms with Gasteiger partial charge in [0.25, 0.3) is 0 Å². The van der Waals surface area contributed by atoms with Gasteiger partial charge >= 0.3 is 5.63 Å². The fourth-order valence-electron chi connectivity index (χ4n) is 3.20. The summed E-state index contributed by atoms with van der Waals surface area (Å²) in [6.07, 6.45) is 0. The summed E-state index contributed by atoms with van der Waals surface area (Å²) < 4.78 is 5.28. The molecule has 1 heterocycles. The third kappa shape index (κ3) is 2.83. The summed E-state index contributed by atoms with van der Waals surface area (Å²) in [6.45, 7) is 0. The Labute approximate surface area is 152 Å². The van der Waals surface area contributed by atoms with Gasteiger partial charge < -0.3 is 24.8 Å². The standard InChI is InChI=1S/C21H14O6/c22-12-4-1-3-11(7-12)15-10-17(25)21-14(5-2-6-16(21)24)20(15)18-8-13(23)9-19(26)27-18/h1-10,22-25H. The van der Waals surface area contributed by atoms with E-state index in [0.717, 1.165) is 6.07 Å². The van der Waals surface area contributed by atoms with Crippen LogP contribution in [0.3, 0.4) is 0 Å². The molecule has 6 nitrogen and oxygen atoms in total. The van der Waals surface area contributed by atoms with Crippen LogP contribution >= 0.6 is 0 Å². The molecule has 4 aromatic rings. The summed E-state index contributed by atoms with van der Waals surface area (Å²) in [5.74, 6) is -0.506. The summed E-state index contributed by atoms with van der Waals surface area (Å²) in [4.78, 5) is 11.8. The second-order valence-corrected chi connectivity index (χ2v) is 6.07. The van der Waals surface area contributed by atoms with E-state index >= 15 is 0 Å². The molecular formula is C21H14O6. The molecule has 0 spiro atoms. The average molecular weight is 362 g/mol. The monoisotopic (exact) mass is 362 g/mol. The van der Waals surface area contributed by atoms with Crippen molar-refractivity contribution in [1.82, 2.24) is 0 Å². The maximum absolute atomic E-state index is 11.8. The van der Waals surface area contributed by atoms with Crippen LogP contribution in [-0.4, -0.2) is 20.4 Å². The van der Waals surface area contributed by atoms with Gasteiger partial charge in [-0.05, 0) is 35.4 Å². The molecule has 0 amide bonds. The number of phenolic OH excluding ortho intramolecular Hbond substituents is 3. The lowest BCUT2D eigenvalue weighted by atomic mass is 9.91. The lowest BCUT2D eigenvalue weighted by Gasteiger charge is -2.15. The van der Waals surface area contributed by atoms with Crippen LogP contribution in [0.4, 0.5) is 0 Å². The van der Waals surface area contributed by atoms with Crippen molar-refractivity contribution in [3.05, 3.63) is 71.1 Å². The highest BCUT2D eigenvalue weighted by atomic mass is 16.4. The van der Waals surface area contributed by atoms with Crippen molar-refractivity contribution in [1.29, 1.82) is 0 Å². The van der Waals surface area contributed by atoms with Crippen molar-refractivity contribution in [2.75, 3.05) is 0 Å². The molecule has 0 unspecified atom stereocenters. The topological polar surface area (TPSA) is 111 Å². The van der Waals surface area contributed by atoms with Crippen LogP contribution in [0.1, 0.15) is 0 Å². The number of rotatable bonds is 2. The van der Waals surface area contributed by atoms with Crippen LogP contribution in [0.5, 0.6) is 23.0 Å². The Morgan fingerprint density at radius 2 is 1.52 bits per heavy atom. The minimum Gasteiger partial charge on any atom is -0.508 e. The van der Waals surface area contributed by atoms with Crippen LogP contribution in [0.15, 0.2) is 69.9 Å². The Kier molecular flexibility index (Phi) is 3.74. The molecule has 3 aromatic carbocycles. The molecule has 0 aliphatic carbocycles. The molecule has 6 heteroatoms. The predicted octanol–water partition coefficient (Wildman–Crippen LogP) is 3.95. The number of aromatic hydroxyl groups is 4. The van der Waals surface area contributed by atoms with E-state index in [1.165, 1.54) is 30.3 Å². The van der Waals surface area contributed by atoms with Crippen molar-refractivity contribution in [3.63, 3.8) is 0 Å². The normalized spacial score (nSPS) is 11.0. The SMILES string of the molecule is O=c1cc(O)cc(-c2c(-c3cccc(O)c3)cc(O)c3c(O)cccc23)o1. The maximum Gasteiger partial charge on any atom is 0.339 e. The summed E-state index contributed by atoms with van der Waals surface area (Å²) in [5.41, 5.74) is 0.650. The number of hydrogen-bond acceptors (Lipinski definition) is 6. The highest BCUT2D eigenvalue weighted by molar-refractivity contribution is 6.08. The third-order valence-corrected chi connectivity index (χ3v) is 4.28. The van der Waals surface area contributed by atoms with Crippen molar-refractivity contribution >= 4 is 10.8 Å². The zero-order valence-electron chi connectivity index (χ0n) is 13.9. The van der Waals surface area contributed by atoms with Crippen LogP contribution in [0.25, 0.3) is 33.2 Å². The van der Waals surface area contributed by atoms with Gasteiger partial charge in [-0.1, -0.05) is 24.3 Å². The molecule has 0 bridgehead atoms. The first-order valence-corrected chi connectivity index (χ1v) is 8.05. The summed E-state index contributed by atoms with van der Waals surface area (Å²) in [7, 11) is 0. The first-order valence-electron chi connectivity index (χ1n) is 8.05. The molecule has 0 fully saturated rings. The zero-order valence-corrected chi connectivity index (χ0v) is 13.9. The number of phenols is 3. The average Bonchev–Trinajstić information content (AvgIpc) is 2.60. The molecule has 1 aromatic heterocycles. The largest absolute Gasteiger partial charge is 0.508 e.